The number of hydrogen-bond donors (Lipinski definition) is 0. The number of aromatic nitrogens is 5. The van der Waals surface area contributed by atoms with Gasteiger partial charge in [0.25, 0.3) is 11.3 Å². The fourth-order valence-electron chi connectivity index (χ4n) is 1.08. The van der Waals surface area contributed by atoms with Gasteiger partial charge in [-0.2, -0.15) is 19.7 Å². The Bertz CT molecular complexity index is 482. The van der Waals surface area contributed by atoms with Crippen LogP contribution in [0.3, 0.4) is 0 Å². The van der Waals surface area contributed by atoms with Gasteiger partial charge in [-0.25, -0.2) is 4.68 Å². The lowest BCUT2D eigenvalue weighted by molar-refractivity contribution is 0.772. The molecule has 0 atom stereocenters. The van der Waals surface area contributed by atoms with Gasteiger partial charge >= 0.3 is 0 Å². The Labute approximate surface area is 67.5 Å². The Morgan fingerprint density at radius 3 is 3.00 bits per heavy atom. The van der Waals surface area contributed by atoms with E-state index in [2.05, 4.69) is 15.2 Å². The molecule has 0 fully saturated rings. The standard InChI is InChI=1S/C6H7N5O/c1-4-9-10(2)6-8-5(12)3-7-11(4)6/h3H,1-2H3. The summed E-state index contributed by atoms with van der Waals surface area (Å²) in [7, 11) is 1.72. The molecule has 2 heterocycles. The summed E-state index contributed by atoms with van der Waals surface area (Å²) in [4.78, 5) is 14.6. The molecule has 62 valence electrons. The van der Waals surface area contributed by atoms with E-state index in [0.29, 0.717) is 11.6 Å². The van der Waals surface area contributed by atoms with Crippen LogP contribution in [0.4, 0.5) is 0 Å². The van der Waals surface area contributed by atoms with Crippen LogP contribution in [0.15, 0.2) is 11.0 Å². The Balaban J connectivity index is 3.00. The molecule has 6 heteroatoms. The van der Waals surface area contributed by atoms with E-state index in [-0.39, 0.29) is 5.56 Å². The zero-order chi connectivity index (χ0) is 8.72. The monoisotopic (exact) mass is 165 g/mol. The van der Waals surface area contributed by atoms with Crippen molar-refractivity contribution in [1.82, 2.24) is 24.4 Å². The van der Waals surface area contributed by atoms with Crippen molar-refractivity contribution in [1.29, 1.82) is 0 Å². The summed E-state index contributed by atoms with van der Waals surface area (Å²) in [5, 5.41) is 7.91. The van der Waals surface area contributed by atoms with Crippen molar-refractivity contribution in [3.05, 3.63) is 22.4 Å². The highest BCUT2D eigenvalue weighted by molar-refractivity contribution is 5.24. The van der Waals surface area contributed by atoms with Crippen molar-refractivity contribution in [3.8, 4) is 0 Å². The van der Waals surface area contributed by atoms with E-state index < -0.39 is 0 Å². The van der Waals surface area contributed by atoms with Crippen LogP contribution in [-0.4, -0.2) is 24.4 Å². The molecular formula is C6H7N5O. The first kappa shape index (κ1) is 6.96. The molecule has 0 saturated carbocycles. The number of fused-ring (bicyclic) bond motifs is 1. The zero-order valence-corrected chi connectivity index (χ0v) is 6.72. The summed E-state index contributed by atoms with van der Waals surface area (Å²) in [5.41, 5.74) is -0.349. The maximum Gasteiger partial charge on any atom is 0.293 e. The average molecular weight is 165 g/mol. The molecule has 0 aliphatic rings. The van der Waals surface area contributed by atoms with E-state index in [0.717, 1.165) is 0 Å². The minimum absolute atomic E-state index is 0.349. The lowest BCUT2D eigenvalue weighted by Gasteiger charge is -1.89. The van der Waals surface area contributed by atoms with Crippen LogP contribution in [0.25, 0.3) is 5.78 Å². The molecule has 0 unspecified atom stereocenters. The molecule has 6 nitrogen and oxygen atoms in total. The first-order valence-corrected chi connectivity index (χ1v) is 3.44. The maximum atomic E-state index is 10.8. The summed E-state index contributed by atoms with van der Waals surface area (Å²) < 4.78 is 3.03. The van der Waals surface area contributed by atoms with E-state index in [1.807, 2.05) is 0 Å². The van der Waals surface area contributed by atoms with Gasteiger partial charge in [0, 0.05) is 7.05 Å². The Morgan fingerprint density at radius 2 is 2.25 bits per heavy atom. The third kappa shape index (κ3) is 0.810. The van der Waals surface area contributed by atoms with Crippen LogP contribution in [0.1, 0.15) is 5.82 Å². The smallest absolute Gasteiger partial charge is 0.265 e. The SMILES string of the molecule is Cc1nn(C)c2nc(=O)cnn12. The van der Waals surface area contributed by atoms with Gasteiger partial charge in [-0.3, -0.25) is 4.79 Å². The zero-order valence-electron chi connectivity index (χ0n) is 6.72. The van der Waals surface area contributed by atoms with Crippen molar-refractivity contribution >= 4 is 5.78 Å². The first-order valence-electron chi connectivity index (χ1n) is 3.44. The van der Waals surface area contributed by atoms with Crippen molar-refractivity contribution in [3.63, 3.8) is 0 Å². The maximum absolute atomic E-state index is 10.8. The molecule has 0 aliphatic heterocycles. The highest BCUT2D eigenvalue weighted by Gasteiger charge is 2.04. The summed E-state index contributed by atoms with van der Waals surface area (Å²) >= 11 is 0. The molecular weight excluding hydrogens is 158 g/mol. The molecule has 0 aromatic carbocycles. The lowest BCUT2D eigenvalue weighted by Crippen LogP contribution is -2.11. The quantitative estimate of drug-likeness (QED) is 0.509. The number of aryl methyl sites for hydroxylation is 2. The lowest BCUT2D eigenvalue weighted by atomic mass is 10.7. The predicted molar refractivity (Wildman–Crippen MR) is 40.8 cm³/mol. The highest BCUT2D eigenvalue weighted by Crippen LogP contribution is 1.95. The van der Waals surface area contributed by atoms with Crippen molar-refractivity contribution in [2.75, 3.05) is 0 Å². The van der Waals surface area contributed by atoms with Gasteiger partial charge in [-0.1, -0.05) is 0 Å². The molecule has 0 radical (unpaired) electrons. The molecule has 0 aliphatic carbocycles. The normalized spacial score (nSPS) is 10.8. The molecule has 2 rings (SSSR count). The van der Waals surface area contributed by atoms with Gasteiger partial charge in [0.1, 0.15) is 6.20 Å². The number of nitrogens with zero attached hydrogens (tertiary/aromatic N) is 5. The number of hydrogen-bond acceptors (Lipinski definition) is 4. The van der Waals surface area contributed by atoms with Gasteiger partial charge in [0.05, 0.1) is 0 Å². The van der Waals surface area contributed by atoms with E-state index in [1.165, 1.54) is 15.4 Å². The van der Waals surface area contributed by atoms with Gasteiger partial charge < -0.3 is 0 Å². The summed E-state index contributed by atoms with van der Waals surface area (Å²) in [5.74, 6) is 1.17. The van der Waals surface area contributed by atoms with E-state index in [4.69, 9.17) is 0 Å². The minimum Gasteiger partial charge on any atom is -0.265 e. The van der Waals surface area contributed by atoms with Crippen LogP contribution in [-0.2, 0) is 7.05 Å². The van der Waals surface area contributed by atoms with Crippen molar-refractivity contribution < 1.29 is 0 Å². The van der Waals surface area contributed by atoms with E-state index in [9.17, 15) is 4.79 Å². The molecule has 0 bridgehead atoms. The largest absolute Gasteiger partial charge is 0.293 e. The van der Waals surface area contributed by atoms with Crippen molar-refractivity contribution in [2.24, 2.45) is 7.05 Å². The molecule has 2 aromatic rings. The predicted octanol–water partition coefficient (Wildman–Crippen LogP) is -0.869. The van der Waals surface area contributed by atoms with Crippen LogP contribution in [0.2, 0.25) is 0 Å². The Kier molecular flexibility index (Phi) is 1.24. The van der Waals surface area contributed by atoms with Gasteiger partial charge in [-0.05, 0) is 6.92 Å². The molecule has 0 spiro atoms. The molecule has 0 amide bonds. The van der Waals surface area contributed by atoms with Crippen LogP contribution in [0, 0.1) is 6.92 Å². The molecule has 2 aromatic heterocycles. The number of rotatable bonds is 0. The third-order valence-corrected chi connectivity index (χ3v) is 1.57. The minimum atomic E-state index is -0.349. The average Bonchev–Trinajstić information content (AvgIpc) is 2.28. The Hall–Kier alpha value is -1.72. The third-order valence-electron chi connectivity index (χ3n) is 1.57. The summed E-state index contributed by atoms with van der Waals surface area (Å²) in [6.07, 6.45) is 1.17. The van der Waals surface area contributed by atoms with Gasteiger partial charge in [0.2, 0.25) is 0 Å². The summed E-state index contributed by atoms with van der Waals surface area (Å²) in [6, 6.07) is 0. The topological polar surface area (TPSA) is 65.1 Å². The fourth-order valence-corrected chi connectivity index (χ4v) is 1.08. The van der Waals surface area contributed by atoms with Crippen molar-refractivity contribution in [2.45, 2.75) is 6.92 Å². The van der Waals surface area contributed by atoms with Gasteiger partial charge in [-0.15, -0.1) is 0 Å². The Morgan fingerprint density at radius 1 is 1.50 bits per heavy atom. The summed E-state index contributed by atoms with van der Waals surface area (Å²) in [6.45, 7) is 1.80. The van der Waals surface area contributed by atoms with E-state index in [1.54, 1.807) is 14.0 Å². The second kappa shape index (κ2) is 2.13. The second-order valence-electron chi connectivity index (χ2n) is 2.48. The van der Waals surface area contributed by atoms with Gasteiger partial charge in [0.15, 0.2) is 5.82 Å². The fraction of sp³-hybridized carbons (Fsp3) is 0.333. The highest BCUT2D eigenvalue weighted by atomic mass is 16.1. The molecule has 0 N–H and O–H groups in total. The van der Waals surface area contributed by atoms with E-state index >= 15 is 0 Å². The first-order chi connectivity index (χ1) is 5.68. The molecule has 0 saturated heterocycles. The van der Waals surface area contributed by atoms with Crippen LogP contribution in [0.5, 0.6) is 0 Å². The van der Waals surface area contributed by atoms with Crippen LogP contribution >= 0.6 is 0 Å². The second-order valence-corrected chi connectivity index (χ2v) is 2.48. The van der Waals surface area contributed by atoms with Crippen LogP contribution < -0.4 is 5.56 Å². The molecule has 12 heavy (non-hydrogen) atoms.